The van der Waals surface area contributed by atoms with Crippen LogP contribution < -0.4 is 5.73 Å². The van der Waals surface area contributed by atoms with Crippen molar-refractivity contribution in [1.82, 2.24) is 14.5 Å². The lowest BCUT2D eigenvalue weighted by Gasteiger charge is -2.33. The fraction of sp³-hybridized carbons (Fsp3) is 0.394. The molecule has 1 aliphatic rings. The molecule has 2 N–H and O–H groups in total. The van der Waals surface area contributed by atoms with E-state index in [1.54, 1.807) is 13.3 Å². The number of hydrogen-bond donors (Lipinski definition) is 1. The number of carbonyl (C=O) groups is 1. The number of fused-ring (bicyclic) bond motifs is 1. The molecule has 4 aromatic rings. The van der Waals surface area contributed by atoms with E-state index in [4.69, 9.17) is 10.5 Å². The summed E-state index contributed by atoms with van der Waals surface area (Å²) in [5.74, 6) is 1.18. The first kappa shape index (κ1) is 26.9. The monoisotopic (exact) mass is 524 g/mol. The Kier molecular flexibility index (Phi) is 8.62. The van der Waals surface area contributed by atoms with Crippen molar-refractivity contribution < 1.29 is 9.53 Å². The molecule has 0 spiro atoms. The highest BCUT2D eigenvalue weighted by molar-refractivity contribution is 5.82. The lowest BCUT2D eigenvalue weighted by atomic mass is 9.94. The SMILES string of the molecule is COCCCn1c(C2CCCN(C(=O)CCCc3ccc(-c4ccc(N)nc4)cc3)C2)cc2ccc(C)cc21. The Balaban J connectivity index is 1.19. The number of nitrogen functional groups attached to an aromatic ring is 1. The van der Waals surface area contributed by atoms with Crippen molar-refractivity contribution in [2.24, 2.45) is 0 Å². The number of likely N-dealkylation sites (tertiary alicyclic amines) is 1. The van der Waals surface area contributed by atoms with Gasteiger partial charge in [0.2, 0.25) is 5.91 Å². The normalized spacial score (nSPS) is 15.6. The molecule has 204 valence electrons. The number of ether oxygens (including phenoxy) is 1. The zero-order chi connectivity index (χ0) is 27.2. The van der Waals surface area contributed by atoms with Crippen LogP contribution >= 0.6 is 0 Å². The van der Waals surface area contributed by atoms with Crippen molar-refractivity contribution in [3.63, 3.8) is 0 Å². The Bertz CT molecular complexity index is 1390. The summed E-state index contributed by atoms with van der Waals surface area (Å²) in [6.07, 6.45) is 7.31. The zero-order valence-corrected chi connectivity index (χ0v) is 23.2. The Labute approximate surface area is 231 Å². The average Bonchev–Trinajstić information content (AvgIpc) is 3.31. The number of aryl methyl sites for hydroxylation is 3. The molecule has 5 rings (SSSR count). The highest BCUT2D eigenvalue weighted by Crippen LogP contribution is 2.33. The molecule has 1 aliphatic heterocycles. The number of benzene rings is 2. The molecule has 1 saturated heterocycles. The second kappa shape index (κ2) is 12.5. The molecule has 1 atom stereocenters. The quantitative estimate of drug-likeness (QED) is 0.245. The van der Waals surface area contributed by atoms with Gasteiger partial charge in [-0.05, 0) is 85.4 Å². The van der Waals surface area contributed by atoms with E-state index in [-0.39, 0.29) is 5.91 Å². The fourth-order valence-electron chi connectivity index (χ4n) is 5.83. The van der Waals surface area contributed by atoms with Gasteiger partial charge in [-0.25, -0.2) is 4.98 Å². The number of carbonyl (C=O) groups excluding carboxylic acids is 1. The molecule has 2 aromatic carbocycles. The number of amides is 1. The third-order valence-electron chi connectivity index (χ3n) is 7.94. The van der Waals surface area contributed by atoms with E-state index in [0.717, 1.165) is 69.5 Å². The van der Waals surface area contributed by atoms with Crippen LogP contribution in [0, 0.1) is 6.92 Å². The third-order valence-corrected chi connectivity index (χ3v) is 7.94. The summed E-state index contributed by atoms with van der Waals surface area (Å²) in [7, 11) is 1.76. The van der Waals surface area contributed by atoms with E-state index in [1.165, 1.54) is 27.7 Å². The van der Waals surface area contributed by atoms with Gasteiger partial charge in [-0.1, -0.05) is 36.4 Å². The molecule has 3 heterocycles. The molecule has 6 nitrogen and oxygen atoms in total. The van der Waals surface area contributed by atoms with Crippen molar-refractivity contribution >= 4 is 22.6 Å². The summed E-state index contributed by atoms with van der Waals surface area (Å²) in [4.78, 5) is 19.5. The topological polar surface area (TPSA) is 73.4 Å². The molecule has 0 bridgehead atoms. The van der Waals surface area contributed by atoms with Gasteiger partial charge in [0.15, 0.2) is 0 Å². The van der Waals surface area contributed by atoms with Crippen molar-refractivity contribution in [2.75, 3.05) is 32.5 Å². The predicted molar refractivity (Wildman–Crippen MR) is 159 cm³/mol. The highest BCUT2D eigenvalue weighted by atomic mass is 16.5. The molecular formula is C33H40N4O2. The van der Waals surface area contributed by atoms with Crippen LogP contribution in [0.3, 0.4) is 0 Å². The van der Waals surface area contributed by atoms with E-state index in [1.807, 2.05) is 12.1 Å². The number of rotatable bonds is 10. The molecule has 6 heteroatoms. The third kappa shape index (κ3) is 6.51. The zero-order valence-electron chi connectivity index (χ0n) is 23.2. The van der Waals surface area contributed by atoms with Gasteiger partial charge in [0.05, 0.1) is 0 Å². The summed E-state index contributed by atoms with van der Waals surface area (Å²) in [6.45, 7) is 5.51. The summed E-state index contributed by atoms with van der Waals surface area (Å²) >= 11 is 0. The van der Waals surface area contributed by atoms with Gasteiger partial charge in [-0.2, -0.15) is 0 Å². The molecule has 0 saturated carbocycles. The van der Waals surface area contributed by atoms with Crippen molar-refractivity contribution in [2.45, 2.75) is 57.9 Å². The van der Waals surface area contributed by atoms with Crippen LogP contribution in [0.2, 0.25) is 0 Å². The van der Waals surface area contributed by atoms with Gasteiger partial charge in [-0.15, -0.1) is 0 Å². The molecular weight excluding hydrogens is 484 g/mol. The number of hydrogen-bond acceptors (Lipinski definition) is 4. The lowest BCUT2D eigenvalue weighted by molar-refractivity contribution is -0.132. The van der Waals surface area contributed by atoms with E-state index in [0.29, 0.717) is 18.2 Å². The first-order valence-electron chi connectivity index (χ1n) is 14.2. The fourth-order valence-corrected chi connectivity index (χ4v) is 5.83. The van der Waals surface area contributed by atoms with Crippen LogP contribution in [0.4, 0.5) is 5.82 Å². The van der Waals surface area contributed by atoms with Crippen LogP contribution in [0.15, 0.2) is 66.9 Å². The maximum atomic E-state index is 13.2. The predicted octanol–water partition coefficient (Wildman–Crippen LogP) is 6.36. The average molecular weight is 525 g/mol. The van der Waals surface area contributed by atoms with E-state index < -0.39 is 0 Å². The van der Waals surface area contributed by atoms with Gasteiger partial charge >= 0.3 is 0 Å². The molecule has 39 heavy (non-hydrogen) atoms. The Morgan fingerprint density at radius 1 is 1.05 bits per heavy atom. The summed E-state index contributed by atoms with van der Waals surface area (Å²) < 4.78 is 7.81. The van der Waals surface area contributed by atoms with Gasteiger partial charge in [0, 0.05) is 68.7 Å². The standard InChI is InChI=1S/C33H40N4O2/c1-24-9-12-27-21-31(37(30(27)20-24)18-5-19-39-2)29-7-4-17-36(23-29)33(38)8-3-6-25-10-13-26(14-11-25)28-15-16-32(34)35-22-28/h9-16,20-22,29H,3-8,17-19,23H2,1-2H3,(H2,34,35). The number of aromatic nitrogens is 2. The second-order valence-electron chi connectivity index (χ2n) is 10.8. The smallest absolute Gasteiger partial charge is 0.222 e. The molecule has 0 radical (unpaired) electrons. The van der Waals surface area contributed by atoms with E-state index in [2.05, 4.69) is 69.9 Å². The van der Waals surface area contributed by atoms with Crippen LogP contribution in [0.1, 0.15) is 54.8 Å². The second-order valence-corrected chi connectivity index (χ2v) is 10.8. The number of methoxy groups -OCH3 is 1. The Hall–Kier alpha value is -3.64. The van der Waals surface area contributed by atoms with Crippen LogP contribution in [-0.4, -0.2) is 47.2 Å². The van der Waals surface area contributed by atoms with Gasteiger partial charge in [0.1, 0.15) is 5.82 Å². The molecule has 1 fully saturated rings. The number of nitrogens with two attached hydrogens (primary N) is 1. The van der Waals surface area contributed by atoms with Crippen LogP contribution in [0.5, 0.6) is 0 Å². The molecule has 1 amide bonds. The Morgan fingerprint density at radius 3 is 2.64 bits per heavy atom. The lowest BCUT2D eigenvalue weighted by Crippen LogP contribution is -2.39. The van der Waals surface area contributed by atoms with Crippen molar-refractivity contribution in [3.8, 4) is 11.1 Å². The number of pyridine rings is 1. The molecule has 2 aromatic heterocycles. The van der Waals surface area contributed by atoms with Crippen LogP contribution in [-0.2, 0) is 22.5 Å². The minimum absolute atomic E-state index is 0.280. The Morgan fingerprint density at radius 2 is 1.87 bits per heavy atom. The van der Waals surface area contributed by atoms with Crippen molar-refractivity contribution in [1.29, 1.82) is 0 Å². The summed E-state index contributed by atoms with van der Waals surface area (Å²) in [6, 6.07) is 21.4. The van der Waals surface area contributed by atoms with E-state index in [9.17, 15) is 4.79 Å². The minimum Gasteiger partial charge on any atom is -0.385 e. The number of nitrogens with zero attached hydrogens (tertiary/aromatic N) is 3. The summed E-state index contributed by atoms with van der Waals surface area (Å²) in [5, 5.41) is 1.29. The highest BCUT2D eigenvalue weighted by Gasteiger charge is 2.27. The van der Waals surface area contributed by atoms with Gasteiger partial charge in [0.25, 0.3) is 0 Å². The van der Waals surface area contributed by atoms with Gasteiger partial charge in [-0.3, -0.25) is 4.79 Å². The van der Waals surface area contributed by atoms with Crippen molar-refractivity contribution in [3.05, 3.63) is 83.7 Å². The maximum absolute atomic E-state index is 13.2. The first-order chi connectivity index (χ1) is 19.0. The number of anilines is 1. The maximum Gasteiger partial charge on any atom is 0.222 e. The summed E-state index contributed by atoms with van der Waals surface area (Å²) in [5.41, 5.74) is 13.1. The largest absolute Gasteiger partial charge is 0.385 e. The van der Waals surface area contributed by atoms with Gasteiger partial charge < -0.3 is 19.9 Å². The molecule has 1 unspecified atom stereocenters. The van der Waals surface area contributed by atoms with E-state index >= 15 is 0 Å². The van der Waals surface area contributed by atoms with Crippen LogP contribution in [0.25, 0.3) is 22.0 Å². The number of piperidine rings is 1. The first-order valence-corrected chi connectivity index (χ1v) is 14.2. The molecule has 0 aliphatic carbocycles. The minimum atomic E-state index is 0.280.